The molecule has 1 amide bonds. The minimum absolute atomic E-state index is 0.0565. The van der Waals surface area contributed by atoms with Crippen LogP contribution in [0.4, 0.5) is 4.79 Å². The number of piperidine rings is 1. The van der Waals surface area contributed by atoms with Crippen molar-refractivity contribution < 1.29 is 23.7 Å². The lowest BCUT2D eigenvalue weighted by Crippen LogP contribution is -2.57. The number of ether oxygens (including phenoxy) is 4. The Labute approximate surface area is 214 Å². The van der Waals surface area contributed by atoms with Crippen LogP contribution in [0.1, 0.15) is 64.2 Å². The molecule has 6 heteroatoms. The number of aryl methyl sites for hydroxylation is 1. The SMILES string of the molecule is COc1cccc2c1O[C@@](C)(CCc1ccccc1)[C@@H]1C[C@@H]3CN(C(=O)OC(C)(C)C)CC[C@H]3O[C@@H]21. The predicted octanol–water partition coefficient (Wildman–Crippen LogP) is 6.18. The van der Waals surface area contributed by atoms with Gasteiger partial charge < -0.3 is 23.8 Å². The zero-order valence-electron chi connectivity index (χ0n) is 22.2. The molecule has 0 radical (unpaired) electrons. The van der Waals surface area contributed by atoms with Crippen LogP contribution in [0.3, 0.4) is 0 Å². The van der Waals surface area contributed by atoms with Crippen molar-refractivity contribution in [1.29, 1.82) is 0 Å². The van der Waals surface area contributed by atoms with Crippen LogP contribution in [-0.2, 0) is 15.9 Å². The molecule has 0 bridgehead atoms. The molecule has 36 heavy (non-hydrogen) atoms. The Morgan fingerprint density at radius 3 is 2.64 bits per heavy atom. The molecular formula is C30H39NO5. The number of carbonyl (C=O) groups excluding carboxylic acids is 1. The summed E-state index contributed by atoms with van der Waals surface area (Å²) in [6, 6.07) is 16.7. The largest absolute Gasteiger partial charge is 0.493 e. The van der Waals surface area contributed by atoms with Crippen LogP contribution >= 0.6 is 0 Å². The maximum absolute atomic E-state index is 12.8. The molecule has 2 saturated heterocycles. The molecule has 194 valence electrons. The standard InChI is InChI=1S/C30H39NO5/c1-29(2,3)36-28(32)31-17-15-24-21(19-31)18-23-26(34-24)22-12-9-13-25(33-5)27(22)35-30(23,4)16-14-20-10-7-6-8-11-20/h6-13,21,23-24,26H,14-19H2,1-5H3/t21-,23-,24-,26+,30+/m1/s1. The lowest BCUT2D eigenvalue weighted by atomic mass is 9.68. The van der Waals surface area contributed by atoms with E-state index in [4.69, 9.17) is 18.9 Å². The van der Waals surface area contributed by atoms with E-state index in [0.717, 1.165) is 42.7 Å². The number of methoxy groups -OCH3 is 1. The van der Waals surface area contributed by atoms with Gasteiger partial charge in [-0.2, -0.15) is 0 Å². The molecule has 2 fully saturated rings. The summed E-state index contributed by atoms with van der Waals surface area (Å²) in [5, 5.41) is 0. The number of likely N-dealkylation sites (tertiary alicyclic amines) is 1. The van der Waals surface area contributed by atoms with Gasteiger partial charge in [-0.15, -0.1) is 0 Å². The molecule has 0 spiro atoms. The van der Waals surface area contributed by atoms with Crippen LogP contribution in [0, 0.1) is 11.8 Å². The fourth-order valence-electron chi connectivity index (χ4n) is 6.11. The maximum Gasteiger partial charge on any atom is 0.410 e. The Hall–Kier alpha value is -2.73. The van der Waals surface area contributed by atoms with Crippen molar-refractivity contribution in [2.75, 3.05) is 20.2 Å². The minimum atomic E-state index is -0.502. The smallest absolute Gasteiger partial charge is 0.410 e. The summed E-state index contributed by atoms with van der Waals surface area (Å²) < 4.78 is 25.1. The van der Waals surface area contributed by atoms with E-state index in [-0.39, 0.29) is 30.1 Å². The lowest BCUT2D eigenvalue weighted by Gasteiger charge is -2.54. The van der Waals surface area contributed by atoms with E-state index in [9.17, 15) is 4.79 Å². The topological polar surface area (TPSA) is 57.2 Å². The molecule has 0 unspecified atom stereocenters. The van der Waals surface area contributed by atoms with Crippen LogP contribution in [0.2, 0.25) is 0 Å². The van der Waals surface area contributed by atoms with Gasteiger partial charge in [-0.1, -0.05) is 42.5 Å². The minimum Gasteiger partial charge on any atom is -0.493 e. The van der Waals surface area contributed by atoms with Crippen molar-refractivity contribution in [2.24, 2.45) is 11.8 Å². The Kier molecular flexibility index (Phi) is 6.67. The van der Waals surface area contributed by atoms with E-state index in [1.165, 1.54) is 5.56 Å². The van der Waals surface area contributed by atoms with E-state index >= 15 is 0 Å². The number of rotatable bonds is 4. The highest BCUT2D eigenvalue weighted by Gasteiger charge is 2.54. The third-order valence-corrected chi connectivity index (χ3v) is 7.97. The molecule has 2 aromatic carbocycles. The lowest BCUT2D eigenvalue weighted by molar-refractivity contribution is -0.191. The van der Waals surface area contributed by atoms with E-state index in [1.54, 1.807) is 7.11 Å². The predicted molar refractivity (Wildman–Crippen MR) is 138 cm³/mol. The molecule has 0 aliphatic carbocycles. The Bertz CT molecular complexity index is 1080. The molecule has 6 nitrogen and oxygen atoms in total. The normalized spacial score (nSPS) is 29.3. The number of carbonyl (C=O) groups is 1. The Balaban J connectivity index is 1.42. The molecular weight excluding hydrogens is 454 g/mol. The van der Waals surface area contributed by atoms with E-state index < -0.39 is 11.2 Å². The summed E-state index contributed by atoms with van der Waals surface area (Å²) in [7, 11) is 1.69. The van der Waals surface area contributed by atoms with E-state index in [1.807, 2.05) is 43.9 Å². The fourth-order valence-corrected chi connectivity index (χ4v) is 6.11. The Morgan fingerprint density at radius 2 is 1.92 bits per heavy atom. The van der Waals surface area contributed by atoms with Gasteiger partial charge in [-0.25, -0.2) is 4.79 Å². The van der Waals surface area contributed by atoms with Crippen LogP contribution in [0.15, 0.2) is 48.5 Å². The third kappa shape index (κ3) is 4.93. The summed E-state index contributed by atoms with van der Waals surface area (Å²) in [5.74, 6) is 1.98. The van der Waals surface area contributed by atoms with E-state index in [0.29, 0.717) is 13.1 Å². The molecule has 0 aromatic heterocycles. The zero-order chi connectivity index (χ0) is 25.5. The van der Waals surface area contributed by atoms with Gasteiger partial charge in [-0.05, 0) is 65.0 Å². The number of amides is 1. The number of hydrogen-bond acceptors (Lipinski definition) is 5. The molecule has 3 aliphatic rings. The van der Waals surface area contributed by atoms with Gasteiger partial charge in [0, 0.05) is 30.5 Å². The van der Waals surface area contributed by atoms with Crippen LogP contribution in [-0.4, -0.2) is 48.5 Å². The summed E-state index contributed by atoms with van der Waals surface area (Å²) in [6.07, 6.45) is 3.37. The first-order chi connectivity index (χ1) is 17.2. The molecule has 5 atom stereocenters. The molecule has 2 aromatic rings. The van der Waals surface area contributed by atoms with Crippen molar-refractivity contribution in [3.63, 3.8) is 0 Å². The van der Waals surface area contributed by atoms with Gasteiger partial charge in [-0.3, -0.25) is 0 Å². The summed E-state index contributed by atoms with van der Waals surface area (Å²) in [4.78, 5) is 14.7. The summed E-state index contributed by atoms with van der Waals surface area (Å²) in [6.45, 7) is 9.27. The van der Waals surface area contributed by atoms with Gasteiger partial charge in [0.05, 0.1) is 19.3 Å². The summed E-state index contributed by atoms with van der Waals surface area (Å²) >= 11 is 0. The number of fused-ring (bicyclic) bond motifs is 4. The fraction of sp³-hybridized carbons (Fsp3) is 0.567. The molecule has 3 heterocycles. The highest BCUT2D eigenvalue weighted by molar-refractivity contribution is 5.68. The van der Waals surface area contributed by atoms with Gasteiger partial charge in [0.25, 0.3) is 0 Å². The van der Waals surface area contributed by atoms with Crippen LogP contribution in [0.25, 0.3) is 0 Å². The summed E-state index contributed by atoms with van der Waals surface area (Å²) in [5.41, 5.74) is 1.44. The highest BCUT2D eigenvalue weighted by Crippen LogP contribution is 2.56. The third-order valence-electron chi connectivity index (χ3n) is 7.97. The Morgan fingerprint density at radius 1 is 1.14 bits per heavy atom. The zero-order valence-corrected chi connectivity index (χ0v) is 22.2. The second-order valence-electron chi connectivity index (χ2n) is 11.7. The second-order valence-corrected chi connectivity index (χ2v) is 11.7. The molecule has 0 saturated carbocycles. The van der Waals surface area contributed by atoms with Crippen molar-refractivity contribution >= 4 is 6.09 Å². The van der Waals surface area contributed by atoms with Gasteiger partial charge in [0.15, 0.2) is 11.5 Å². The average Bonchev–Trinajstić information content (AvgIpc) is 2.86. The first kappa shape index (κ1) is 24.9. The highest BCUT2D eigenvalue weighted by atomic mass is 16.6. The second kappa shape index (κ2) is 9.62. The molecule has 3 aliphatic heterocycles. The quantitative estimate of drug-likeness (QED) is 0.509. The number of nitrogens with zero attached hydrogens (tertiary/aromatic N) is 1. The number of para-hydroxylation sites is 1. The van der Waals surface area contributed by atoms with Crippen molar-refractivity contribution in [3.05, 3.63) is 59.7 Å². The van der Waals surface area contributed by atoms with Gasteiger partial charge in [0.2, 0.25) is 0 Å². The first-order valence-corrected chi connectivity index (χ1v) is 13.2. The monoisotopic (exact) mass is 493 g/mol. The van der Waals surface area contributed by atoms with E-state index in [2.05, 4.69) is 37.3 Å². The van der Waals surface area contributed by atoms with Gasteiger partial charge in [0.1, 0.15) is 11.2 Å². The van der Waals surface area contributed by atoms with Gasteiger partial charge >= 0.3 is 6.09 Å². The molecule has 0 N–H and O–H groups in total. The first-order valence-electron chi connectivity index (χ1n) is 13.2. The number of hydrogen-bond donors (Lipinski definition) is 0. The van der Waals surface area contributed by atoms with Crippen molar-refractivity contribution in [3.8, 4) is 11.5 Å². The average molecular weight is 494 g/mol. The molecule has 5 rings (SSSR count). The van der Waals surface area contributed by atoms with Crippen LogP contribution < -0.4 is 9.47 Å². The van der Waals surface area contributed by atoms with Crippen LogP contribution in [0.5, 0.6) is 11.5 Å². The van der Waals surface area contributed by atoms with Crippen molar-refractivity contribution in [1.82, 2.24) is 4.90 Å². The maximum atomic E-state index is 12.8. The number of benzene rings is 2. The van der Waals surface area contributed by atoms with Crippen molar-refractivity contribution in [2.45, 2.75) is 76.8 Å².